The van der Waals surface area contributed by atoms with Crippen molar-refractivity contribution < 1.29 is 27.2 Å². The van der Waals surface area contributed by atoms with Gasteiger partial charge in [-0.2, -0.15) is 8.42 Å². The Kier molecular flexibility index (Phi) is 9.57. The van der Waals surface area contributed by atoms with Gasteiger partial charge in [-0.05, 0) is 61.5 Å². The predicted molar refractivity (Wildman–Crippen MR) is 147 cm³/mol. The third-order valence-corrected chi connectivity index (χ3v) is 8.21. The highest BCUT2D eigenvalue weighted by Crippen LogP contribution is 2.54. The molecule has 1 aromatic carbocycles. The predicted octanol–water partition coefficient (Wildman–Crippen LogP) is 5.31. The molecule has 0 unspecified atom stereocenters. The Labute approximate surface area is 226 Å². The van der Waals surface area contributed by atoms with E-state index in [1.54, 1.807) is 0 Å². The fourth-order valence-corrected chi connectivity index (χ4v) is 5.87. The number of thiocarbonyl (C=S) groups is 1. The molecule has 0 bridgehead atoms. The van der Waals surface area contributed by atoms with Crippen LogP contribution in [0.25, 0.3) is 0 Å². The molecule has 0 spiro atoms. The number of phenols is 1. The van der Waals surface area contributed by atoms with Crippen LogP contribution in [-0.4, -0.2) is 49.5 Å². The van der Waals surface area contributed by atoms with E-state index in [9.17, 15) is 18.3 Å². The van der Waals surface area contributed by atoms with Crippen LogP contribution in [0, 0.1) is 17.8 Å². The van der Waals surface area contributed by atoms with Crippen molar-refractivity contribution in [3.8, 4) is 23.3 Å². The number of aliphatic imine (C=N–C) groups is 1. The van der Waals surface area contributed by atoms with Gasteiger partial charge >= 0.3 is 0 Å². The minimum atomic E-state index is -3.60. The number of aromatic hydroxyl groups is 1. The maximum absolute atomic E-state index is 12.4. The second-order valence-corrected chi connectivity index (χ2v) is 12.7. The quantitative estimate of drug-likeness (QED) is 0.139. The van der Waals surface area contributed by atoms with Crippen molar-refractivity contribution in [2.45, 2.75) is 89.1 Å². The van der Waals surface area contributed by atoms with Gasteiger partial charge in [0.25, 0.3) is 10.1 Å². The number of nitrogens with zero attached hydrogens (tertiary/aromatic N) is 1. The van der Waals surface area contributed by atoms with Crippen LogP contribution in [0.5, 0.6) is 11.5 Å². The number of phenolic OH excluding ortho intramolecular Hbond substituents is 1. The van der Waals surface area contributed by atoms with Crippen molar-refractivity contribution in [2.24, 2.45) is 10.9 Å². The van der Waals surface area contributed by atoms with Crippen molar-refractivity contribution in [3.63, 3.8) is 0 Å². The van der Waals surface area contributed by atoms with Crippen LogP contribution in [-0.2, 0) is 24.5 Å². The number of rotatable bonds is 10. The van der Waals surface area contributed by atoms with Crippen LogP contribution in [0.4, 0.5) is 0 Å². The van der Waals surface area contributed by atoms with Crippen molar-refractivity contribution in [3.05, 3.63) is 23.3 Å². The van der Waals surface area contributed by atoms with E-state index in [2.05, 4.69) is 48.1 Å². The molecule has 0 saturated heterocycles. The normalized spacial score (nSPS) is 23.1. The number of fused-ring (bicyclic) bond motifs is 3. The summed E-state index contributed by atoms with van der Waals surface area (Å²) in [5, 5.41) is 13.5. The summed E-state index contributed by atoms with van der Waals surface area (Å²) in [5.74, 6) is 6.41. The van der Waals surface area contributed by atoms with Crippen LogP contribution in [0.15, 0.2) is 17.1 Å². The molecule has 1 aliphatic carbocycles. The average Bonchev–Trinajstić information content (AvgIpc) is 2.80. The smallest absolute Gasteiger partial charge is 0.265 e. The summed E-state index contributed by atoms with van der Waals surface area (Å²) >= 11 is 4.60. The lowest BCUT2D eigenvalue weighted by Crippen LogP contribution is -2.48. The van der Waals surface area contributed by atoms with Gasteiger partial charge in [-0.1, -0.05) is 45.0 Å². The lowest BCUT2D eigenvalue weighted by molar-refractivity contribution is -0.123. The maximum Gasteiger partial charge on any atom is 0.265 e. The number of hydrogen-bond donors (Lipinski definition) is 1. The lowest BCUT2D eigenvalue weighted by Gasteiger charge is -2.46. The number of ether oxygens (including phenoxy) is 1. The van der Waals surface area contributed by atoms with E-state index < -0.39 is 15.7 Å². The molecule has 1 aliphatic heterocycles. The highest BCUT2D eigenvalue weighted by atomic mass is 32.2. The van der Waals surface area contributed by atoms with E-state index in [1.165, 1.54) is 0 Å². The Morgan fingerprint density at radius 3 is 2.70 bits per heavy atom. The zero-order valence-electron chi connectivity index (χ0n) is 22.1. The van der Waals surface area contributed by atoms with Gasteiger partial charge in [0.2, 0.25) is 0 Å². The van der Waals surface area contributed by atoms with Crippen LogP contribution in [0.3, 0.4) is 0 Å². The fraction of sp³-hybridized carbons (Fsp3) is 0.643. The zero-order valence-corrected chi connectivity index (χ0v) is 23.8. The van der Waals surface area contributed by atoms with Crippen LogP contribution in [0.1, 0.15) is 89.2 Å². The van der Waals surface area contributed by atoms with Gasteiger partial charge in [0, 0.05) is 36.8 Å². The second kappa shape index (κ2) is 12.1. The van der Waals surface area contributed by atoms with Gasteiger partial charge in [-0.3, -0.25) is 8.98 Å². The number of hydrogen-bond acceptors (Lipinski definition) is 8. The molecule has 9 heteroatoms. The number of ketones is 1. The van der Waals surface area contributed by atoms with Crippen LogP contribution >= 0.6 is 12.2 Å². The highest BCUT2D eigenvalue weighted by Gasteiger charge is 2.49. The molecule has 202 valence electrons. The minimum Gasteiger partial charge on any atom is -0.508 e. The molecule has 1 N–H and O–H groups in total. The fourth-order valence-electron chi connectivity index (χ4n) is 5.50. The molecule has 0 radical (unpaired) electrons. The monoisotopic (exact) mass is 547 g/mol. The number of unbranched alkanes of at least 4 members (excludes halogenated alkanes) is 3. The Balaban J connectivity index is 1.85. The first-order valence-corrected chi connectivity index (χ1v) is 15.0. The molecular formula is C28H37NO6S2. The van der Waals surface area contributed by atoms with E-state index in [-0.39, 0.29) is 35.4 Å². The molecule has 0 aromatic heterocycles. The summed E-state index contributed by atoms with van der Waals surface area (Å²) in [5.41, 5.74) is 0.487. The summed E-state index contributed by atoms with van der Waals surface area (Å²) in [4.78, 5) is 16.4. The Morgan fingerprint density at radius 2 is 2.00 bits per heavy atom. The van der Waals surface area contributed by atoms with Crippen LogP contribution in [0.2, 0.25) is 0 Å². The molecule has 0 amide bonds. The SMILES string of the molecule is CC(C)(CCCCCCN=C=S)c1cc(O)c2c(c1)O[C@@](C)(C#CCOS(C)(=O)=O)[C@@H]1CCC(=O)C[C@@H]21. The van der Waals surface area contributed by atoms with Gasteiger partial charge in [0.1, 0.15) is 23.9 Å². The first-order chi connectivity index (χ1) is 17.4. The summed E-state index contributed by atoms with van der Waals surface area (Å²) in [6, 6.07) is 3.80. The highest BCUT2D eigenvalue weighted by molar-refractivity contribution is 7.86. The van der Waals surface area contributed by atoms with Gasteiger partial charge in [-0.15, -0.1) is 0 Å². The molecule has 1 heterocycles. The lowest BCUT2D eigenvalue weighted by atomic mass is 9.65. The summed E-state index contributed by atoms with van der Waals surface area (Å²) in [7, 11) is -3.60. The number of Topliss-reactive ketones (excluding diaryl/α,β-unsaturated/α-hetero) is 1. The average molecular weight is 548 g/mol. The standard InChI is InChI=1S/C28H37NO6S2/c1-27(2,12-7-5-6-8-14-29-19-36)20-16-24(31)26-22-18-21(30)10-11-23(22)28(3,35-25(26)17-20)13-9-15-34-37(4,32)33/h16-17,22-23,31H,5-8,10-12,14-15,18H2,1-4H3/t22-,23-,28+/m1/s1. The van der Waals surface area contributed by atoms with E-state index in [1.807, 2.05) is 19.1 Å². The summed E-state index contributed by atoms with van der Waals surface area (Å²) < 4.78 is 33.9. The third kappa shape index (κ3) is 7.64. The first kappa shape index (κ1) is 29.3. The third-order valence-electron chi connectivity index (χ3n) is 7.54. The number of carbonyl (C=O) groups is 1. The first-order valence-electron chi connectivity index (χ1n) is 12.8. The molecule has 2 aliphatic rings. The Hall–Kier alpha value is -2.24. The maximum atomic E-state index is 12.4. The molecule has 1 saturated carbocycles. The number of benzene rings is 1. The Morgan fingerprint density at radius 1 is 1.27 bits per heavy atom. The zero-order chi connectivity index (χ0) is 27.3. The molecule has 1 aromatic rings. The van der Waals surface area contributed by atoms with Crippen molar-refractivity contribution >= 4 is 33.3 Å². The summed E-state index contributed by atoms with van der Waals surface area (Å²) in [6.07, 6.45) is 7.45. The molecule has 37 heavy (non-hydrogen) atoms. The molecule has 3 rings (SSSR count). The van der Waals surface area contributed by atoms with Gasteiger partial charge in [0.05, 0.1) is 11.4 Å². The second-order valence-electron chi connectivity index (χ2n) is 10.9. The van der Waals surface area contributed by atoms with Crippen LogP contribution < -0.4 is 4.74 Å². The molecule has 3 atom stereocenters. The minimum absolute atomic E-state index is 0.115. The Bertz CT molecular complexity index is 1220. The van der Waals surface area contributed by atoms with E-state index >= 15 is 0 Å². The molecule has 1 fully saturated rings. The number of isothiocyanates is 1. The molecular weight excluding hydrogens is 510 g/mol. The van der Waals surface area contributed by atoms with E-state index in [4.69, 9.17) is 8.92 Å². The van der Waals surface area contributed by atoms with E-state index in [0.29, 0.717) is 30.6 Å². The van der Waals surface area contributed by atoms with Crippen molar-refractivity contribution in [2.75, 3.05) is 19.4 Å². The van der Waals surface area contributed by atoms with Gasteiger partial charge in [-0.25, -0.2) is 4.99 Å². The van der Waals surface area contributed by atoms with Gasteiger partial charge in [0.15, 0.2) is 5.60 Å². The van der Waals surface area contributed by atoms with Crippen molar-refractivity contribution in [1.29, 1.82) is 0 Å². The molecule has 7 nitrogen and oxygen atoms in total. The van der Waals surface area contributed by atoms with Crippen molar-refractivity contribution in [1.82, 2.24) is 0 Å². The topological polar surface area (TPSA) is 102 Å². The number of carbonyl (C=O) groups excluding carboxylic acids is 1. The van der Waals surface area contributed by atoms with E-state index in [0.717, 1.165) is 50.5 Å². The largest absolute Gasteiger partial charge is 0.508 e. The van der Waals surface area contributed by atoms with Gasteiger partial charge < -0.3 is 9.84 Å². The summed E-state index contributed by atoms with van der Waals surface area (Å²) in [6.45, 7) is 6.64.